The number of H-pyrrole nitrogens is 1. The number of fused-ring (bicyclic) bond motifs is 1. The fourth-order valence-corrected chi connectivity index (χ4v) is 6.32. The van der Waals surface area contributed by atoms with Crippen LogP contribution >= 0.6 is 11.3 Å². The van der Waals surface area contributed by atoms with Crippen LogP contribution in [0.15, 0.2) is 41.5 Å². The van der Waals surface area contributed by atoms with Crippen molar-refractivity contribution in [3.8, 4) is 10.4 Å². The van der Waals surface area contributed by atoms with Crippen LogP contribution in [0.1, 0.15) is 37.0 Å². The highest BCUT2D eigenvalue weighted by Gasteiger charge is 2.57. The number of aromatic amines is 1. The number of amidine groups is 1. The molecule has 1 N–H and O–H groups in total. The van der Waals surface area contributed by atoms with Crippen LogP contribution in [0.5, 0.6) is 0 Å². The Morgan fingerprint density at radius 3 is 2.82 bits per heavy atom. The maximum atomic E-state index is 13.3. The second-order valence-electron chi connectivity index (χ2n) is 9.90. The van der Waals surface area contributed by atoms with Crippen molar-refractivity contribution in [1.82, 2.24) is 20.0 Å². The van der Waals surface area contributed by atoms with E-state index in [0.717, 1.165) is 77.2 Å². The SMILES string of the molecule is O=C(C1CC1)N1CCC(CN2C(=O)C3(CC3)N=C2c2ccc(-c3cccc4[nH]ncc34)s2)C1. The van der Waals surface area contributed by atoms with Crippen molar-refractivity contribution in [2.75, 3.05) is 19.6 Å². The van der Waals surface area contributed by atoms with E-state index < -0.39 is 5.54 Å². The molecule has 2 aliphatic heterocycles. The molecule has 0 radical (unpaired) electrons. The number of thiophene rings is 1. The molecule has 4 aliphatic rings. The summed E-state index contributed by atoms with van der Waals surface area (Å²) < 4.78 is 0. The molecule has 1 unspecified atom stereocenters. The van der Waals surface area contributed by atoms with Gasteiger partial charge in [0.05, 0.1) is 16.6 Å². The minimum absolute atomic E-state index is 0.149. The van der Waals surface area contributed by atoms with Crippen molar-refractivity contribution in [2.45, 2.75) is 37.6 Å². The van der Waals surface area contributed by atoms with E-state index in [9.17, 15) is 9.59 Å². The van der Waals surface area contributed by atoms with Crippen molar-refractivity contribution in [1.29, 1.82) is 0 Å². The topological polar surface area (TPSA) is 81.7 Å². The van der Waals surface area contributed by atoms with Crippen LogP contribution in [-0.2, 0) is 9.59 Å². The number of hydrogen-bond acceptors (Lipinski definition) is 5. The summed E-state index contributed by atoms with van der Waals surface area (Å²) in [6.45, 7) is 2.23. The number of aliphatic imine (C=N–C) groups is 1. The van der Waals surface area contributed by atoms with Crippen LogP contribution in [0, 0.1) is 11.8 Å². The Morgan fingerprint density at radius 2 is 2.00 bits per heavy atom. The van der Waals surface area contributed by atoms with E-state index in [1.807, 2.05) is 28.1 Å². The molecule has 2 saturated carbocycles. The number of hydrogen-bond donors (Lipinski definition) is 1. The first-order valence-electron chi connectivity index (χ1n) is 11.8. The highest BCUT2D eigenvalue weighted by molar-refractivity contribution is 7.17. The zero-order chi connectivity index (χ0) is 22.2. The van der Waals surface area contributed by atoms with Crippen LogP contribution in [-0.4, -0.2) is 62.8 Å². The predicted octanol–water partition coefficient (Wildman–Crippen LogP) is 3.67. The molecule has 3 fully saturated rings. The van der Waals surface area contributed by atoms with Crippen molar-refractivity contribution in [2.24, 2.45) is 16.8 Å². The van der Waals surface area contributed by atoms with Gasteiger partial charge in [0.25, 0.3) is 5.91 Å². The molecule has 2 aliphatic carbocycles. The Hall–Kier alpha value is -3.00. The van der Waals surface area contributed by atoms with Gasteiger partial charge in [0.2, 0.25) is 5.91 Å². The predicted molar refractivity (Wildman–Crippen MR) is 127 cm³/mol. The molecule has 2 aromatic heterocycles. The molecule has 33 heavy (non-hydrogen) atoms. The van der Waals surface area contributed by atoms with Gasteiger partial charge in [-0.3, -0.25) is 24.6 Å². The zero-order valence-corrected chi connectivity index (χ0v) is 19.1. The van der Waals surface area contributed by atoms with Crippen molar-refractivity contribution < 1.29 is 9.59 Å². The standard InChI is InChI=1S/C25H25N5O2S/c31-23(16-4-5-16)29-11-8-15(13-29)14-30-22(27-25(9-10-25)24(30)32)21-7-6-20(33-21)17-2-1-3-19-18(17)12-26-28-19/h1-3,6-7,12,15-16H,4-5,8-11,13-14H2,(H,26,28). The van der Waals surface area contributed by atoms with Gasteiger partial charge < -0.3 is 4.90 Å². The number of carbonyl (C=O) groups is 2. The second kappa shape index (κ2) is 7.00. The molecular formula is C25H25N5O2S. The molecule has 1 aromatic carbocycles. The summed E-state index contributed by atoms with van der Waals surface area (Å²) >= 11 is 1.68. The maximum Gasteiger partial charge on any atom is 0.256 e. The Kier molecular flexibility index (Phi) is 4.13. The summed E-state index contributed by atoms with van der Waals surface area (Å²) in [5, 5.41) is 8.32. The Labute approximate surface area is 195 Å². The molecular weight excluding hydrogens is 434 g/mol. The maximum absolute atomic E-state index is 13.3. The average Bonchev–Trinajstić information content (AvgIpc) is 3.59. The second-order valence-corrected chi connectivity index (χ2v) is 11.0. The van der Waals surface area contributed by atoms with Gasteiger partial charge in [0.1, 0.15) is 11.4 Å². The number of carbonyl (C=O) groups excluding carboxylic acids is 2. The molecule has 2 amide bonds. The lowest BCUT2D eigenvalue weighted by Crippen LogP contribution is -2.40. The smallest absolute Gasteiger partial charge is 0.256 e. The van der Waals surface area contributed by atoms with E-state index >= 15 is 0 Å². The minimum Gasteiger partial charge on any atom is -0.342 e. The first-order chi connectivity index (χ1) is 16.1. The fourth-order valence-electron chi connectivity index (χ4n) is 5.27. The Bertz CT molecular complexity index is 1320. The number of nitrogens with zero attached hydrogens (tertiary/aromatic N) is 4. The quantitative estimate of drug-likeness (QED) is 0.632. The van der Waals surface area contributed by atoms with Crippen molar-refractivity contribution in [3.05, 3.63) is 41.4 Å². The molecule has 3 aromatic rings. The number of benzene rings is 1. The molecule has 1 spiro atoms. The van der Waals surface area contributed by atoms with E-state index in [0.29, 0.717) is 18.4 Å². The Morgan fingerprint density at radius 1 is 1.15 bits per heavy atom. The molecule has 1 saturated heterocycles. The minimum atomic E-state index is -0.522. The molecule has 4 heterocycles. The first-order valence-corrected chi connectivity index (χ1v) is 12.7. The largest absolute Gasteiger partial charge is 0.342 e. The molecule has 1 atom stereocenters. The van der Waals surface area contributed by atoms with Gasteiger partial charge in [-0.2, -0.15) is 5.10 Å². The van der Waals surface area contributed by atoms with Crippen LogP contribution in [0.2, 0.25) is 0 Å². The van der Waals surface area contributed by atoms with Crippen LogP contribution in [0.25, 0.3) is 21.3 Å². The van der Waals surface area contributed by atoms with E-state index in [1.54, 1.807) is 11.3 Å². The first kappa shape index (κ1) is 19.5. The number of likely N-dealkylation sites (tertiary alicyclic amines) is 1. The molecule has 0 bridgehead atoms. The number of aromatic nitrogens is 2. The van der Waals surface area contributed by atoms with Gasteiger partial charge in [-0.05, 0) is 56.2 Å². The molecule has 168 valence electrons. The van der Waals surface area contributed by atoms with Gasteiger partial charge in [-0.15, -0.1) is 11.3 Å². The average molecular weight is 460 g/mol. The summed E-state index contributed by atoms with van der Waals surface area (Å²) in [4.78, 5) is 36.9. The highest BCUT2D eigenvalue weighted by atomic mass is 32.1. The van der Waals surface area contributed by atoms with Gasteiger partial charge in [-0.1, -0.05) is 12.1 Å². The highest BCUT2D eigenvalue weighted by Crippen LogP contribution is 2.47. The van der Waals surface area contributed by atoms with E-state index in [2.05, 4.69) is 28.4 Å². The lowest BCUT2D eigenvalue weighted by atomic mass is 10.1. The summed E-state index contributed by atoms with van der Waals surface area (Å²) in [6.07, 6.45) is 6.58. The number of nitrogens with one attached hydrogen (secondary N) is 1. The summed E-state index contributed by atoms with van der Waals surface area (Å²) in [6, 6.07) is 10.4. The third-order valence-electron chi connectivity index (χ3n) is 7.48. The monoisotopic (exact) mass is 459 g/mol. The molecule has 8 heteroatoms. The third-order valence-corrected chi connectivity index (χ3v) is 8.60. The number of rotatable bonds is 5. The molecule has 7 rings (SSSR count). The van der Waals surface area contributed by atoms with Crippen LogP contribution < -0.4 is 0 Å². The van der Waals surface area contributed by atoms with Crippen molar-refractivity contribution >= 4 is 39.9 Å². The summed E-state index contributed by atoms with van der Waals surface area (Å²) in [5.74, 6) is 1.86. The van der Waals surface area contributed by atoms with Crippen LogP contribution in [0.4, 0.5) is 0 Å². The van der Waals surface area contributed by atoms with E-state index in [1.165, 1.54) is 0 Å². The van der Waals surface area contributed by atoms with Gasteiger partial charge in [-0.25, -0.2) is 0 Å². The Balaban J connectivity index is 1.16. The van der Waals surface area contributed by atoms with Crippen molar-refractivity contribution in [3.63, 3.8) is 0 Å². The zero-order valence-electron chi connectivity index (χ0n) is 18.3. The lowest BCUT2D eigenvalue weighted by molar-refractivity contribution is -0.131. The normalized spacial score (nSPS) is 23.7. The van der Waals surface area contributed by atoms with Gasteiger partial charge >= 0.3 is 0 Å². The van der Waals surface area contributed by atoms with Gasteiger partial charge in [0.15, 0.2) is 0 Å². The van der Waals surface area contributed by atoms with E-state index in [-0.39, 0.29) is 11.8 Å². The van der Waals surface area contributed by atoms with Gasteiger partial charge in [0, 0.05) is 41.4 Å². The molecule has 7 nitrogen and oxygen atoms in total. The fraction of sp³-hybridized carbons (Fsp3) is 0.440. The van der Waals surface area contributed by atoms with E-state index in [4.69, 9.17) is 4.99 Å². The van der Waals surface area contributed by atoms with Crippen LogP contribution in [0.3, 0.4) is 0 Å². The lowest BCUT2D eigenvalue weighted by Gasteiger charge is -2.23. The summed E-state index contributed by atoms with van der Waals surface area (Å²) in [5.41, 5.74) is 1.63. The third kappa shape index (κ3) is 3.14. The number of amides is 2. The summed E-state index contributed by atoms with van der Waals surface area (Å²) in [7, 11) is 0.